The van der Waals surface area contributed by atoms with Gasteiger partial charge in [-0.2, -0.15) is 0 Å². The van der Waals surface area contributed by atoms with Crippen LogP contribution in [0.15, 0.2) is 30.3 Å². The van der Waals surface area contributed by atoms with E-state index >= 15 is 0 Å². The Morgan fingerprint density at radius 2 is 1.20 bits per heavy atom. The van der Waals surface area contributed by atoms with Gasteiger partial charge in [-0.1, -0.05) is 37.8 Å². The zero-order valence-corrected chi connectivity index (χ0v) is 9.01. The number of hydrogen-bond donors (Lipinski definition) is 0. The first-order valence-corrected chi connectivity index (χ1v) is 1.91. The molecule has 0 bridgehead atoms. The Bertz CT molecular complexity index is 83.5. The third kappa shape index (κ3) is 11.4. The molecule has 3 heteroatoms. The van der Waals surface area contributed by atoms with E-state index in [2.05, 4.69) is 6.07 Å². The van der Waals surface area contributed by atoms with Crippen LogP contribution < -0.4 is 24.8 Å². The molecule has 1 aromatic rings. The predicted molar refractivity (Wildman–Crippen MR) is 37.8 cm³/mol. The summed E-state index contributed by atoms with van der Waals surface area (Å²) in [5.74, 6) is 0. The summed E-state index contributed by atoms with van der Waals surface area (Å²) in [4.78, 5) is 0. The van der Waals surface area contributed by atoms with Gasteiger partial charge in [-0.25, -0.2) is 0 Å². The van der Waals surface area contributed by atoms with Gasteiger partial charge in [0, 0.05) is 0 Å². The van der Waals surface area contributed by atoms with Crippen molar-refractivity contribution in [3.05, 3.63) is 36.4 Å². The molecular weight excluding hydrogens is 274 g/mol. The van der Waals surface area contributed by atoms with Crippen LogP contribution in [0.25, 0.3) is 0 Å². The molecule has 0 N–H and O–H groups in total. The second kappa shape index (κ2) is 16.3. The third-order valence-electron chi connectivity index (χ3n) is 0.607. The van der Waals surface area contributed by atoms with Gasteiger partial charge in [0.25, 0.3) is 0 Å². The van der Waals surface area contributed by atoms with E-state index < -0.39 is 0 Å². The summed E-state index contributed by atoms with van der Waals surface area (Å²) in [6.45, 7) is 0. The minimum Gasteiger partial charge on any atom is -1.00 e. The molecule has 3 radical (unpaired) electrons. The van der Waals surface area contributed by atoms with Crippen LogP contribution in [0.5, 0.6) is 0 Å². The smallest absolute Gasteiger partial charge is 1.00 e. The van der Waals surface area contributed by atoms with Crippen LogP contribution in [0.1, 0.15) is 7.43 Å². The van der Waals surface area contributed by atoms with Crippen molar-refractivity contribution in [2.24, 2.45) is 0 Å². The van der Waals surface area contributed by atoms with Gasteiger partial charge in [0.1, 0.15) is 0 Å². The molecule has 10 heavy (non-hydrogen) atoms. The summed E-state index contributed by atoms with van der Waals surface area (Å²) in [5.41, 5.74) is 0. The summed E-state index contributed by atoms with van der Waals surface area (Å²) in [7, 11) is 0. The molecular formula is C7H9Cl2Sn. The summed E-state index contributed by atoms with van der Waals surface area (Å²) < 4.78 is 0. The summed E-state index contributed by atoms with van der Waals surface area (Å²) in [6, 6.07) is 12.5. The Morgan fingerprint density at radius 3 is 1.30 bits per heavy atom. The average molecular weight is 283 g/mol. The molecule has 0 aliphatic rings. The molecule has 0 heterocycles. The SMILES string of the molecule is C.[Cl-].[Cl-].[Sn+2].[c]1ccccc1. The minimum atomic E-state index is 0. The summed E-state index contributed by atoms with van der Waals surface area (Å²) in [5, 5.41) is 0. The van der Waals surface area contributed by atoms with Crippen LogP contribution in [-0.4, -0.2) is 23.9 Å². The van der Waals surface area contributed by atoms with Crippen molar-refractivity contribution < 1.29 is 24.8 Å². The molecule has 0 nitrogen and oxygen atoms in total. The molecule has 55 valence electrons. The summed E-state index contributed by atoms with van der Waals surface area (Å²) >= 11 is 0. The number of rotatable bonds is 0. The fraction of sp³-hybridized carbons (Fsp3) is 0.143. The van der Waals surface area contributed by atoms with Gasteiger partial charge in [-0.15, -0.1) is 0 Å². The predicted octanol–water partition coefficient (Wildman–Crippen LogP) is -4.25. The Kier molecular flexibility index (Phi) is 36.6. The van der Waals surface area contributed by atoms with E-state index in [1.165, 1.54) is 0 Å². The molecule has 0 unspecified atom stereocenters. The Morgan fingerprint density at radius 1 is 0.800 bits per heavy atom. The van der Waals surface area contributed by atoms with Gasteiger partial charge in [-0.3, -0.25) is 0 Å². The van der Waals surface area contributed by atoms with Gasteiger partial charge in [0.05, 0.1) is 0 Å². The van der Waals surface area contributed by atoms with Crippen molar-refractivity contribution >= 4 is 23.9 Å². The largest absolute Gasteiger partial charge is 2.00 e. The van der Waals surface area contributed by atoms with Crippen molar-refractivity contribution in [2.45, 2.75) is 7.43 Å². The standard InChI is InChI=1S/C6H5.CH4.2ClH.Sn/c1-2-4-6-5-3-1;;;;/h1-5H;1H4;2*1H;/q;;;;+2/p-2. The van der Waals surface area contributed by atoms with E-state index in [1.807, 2.05) is 30.3 Å². The maximum absolute atomic E-state index is 2.89. The van der Waals surface area contributed by atoms with E-state index in [4.69, 9.17) is 0 Å². The molecule has 0 aromatic heterocycles. The van der Waals surface area contributed by atoms with Crippen molar-refractivity contribution in [1.29, 1.82) is 0 Å². The van der Waals surface area contributed by atoms with Crippen molar-refractivity contribution in [3.8, 4) is 0 Å². The monoisotopic (exact) mass is 283 g/mol. The van der Waals surface area contributed by atoms with E-state index in [1.54, 1.807) is 0 Å². The van der Waals surface area contributed by atoms with Gasteiger partial charge in [0.2, 0.25) is 0 Å². The first kappa shape index (κ1) is 22.4. The maximum Gasteiger partial charge on any atom is 2.00 e. The van der Waals surface area contributed by atoms with Gasteiger partial charge in [0.15, 0.2) is 0 Å². The van der Waals surface area contributed by atoms with Gasteiger partial charge >= 0.3 is 23.9 Å². The summed E-state index contributed by atoms with van der Waals surface area (Å²) in [6.07, 6.45) is 0. The average Bonchev–Trinajstić information content (AvgIpc) is 1.72. The molecule has 0 atom stereocenters. The fourth-order valence-corrected chi connectivity index (χ4v) is 0.342. The van der Waals surface area contributed by atoms with Crippen LogP contribution in [0.2, 0.25) is 0 Å². The minimum absolute atomic E-state index is 0. The Balaban J connectivity index is -0.0000000450. The Hall–Kier alpha value is 0.599. The van der Waals surface area contributed by atoms with Crippen LogP contribution in [0.3, 0.4) is 0 Å². The molecule has 0 saturated heterocycles. The van der Waals surface area contributed by atoms with Crippen LogP contribution >= 0.6 is 0 Å². The van der Waals surface area contributed by atoms with Crippen molar-refractivity contribution in [2.75, 3.05) is 0 Å². The molecule has 0 saturated carbocycles. The second-order valence-electron chi connectivity index (χ2n) is 1.08. The molecule has 0 aliphatic carbocycles. The number of benzene rings is 1. The molecule has 0 amide bonds. The normalized spacial score (nSPS) is 4.80. The molecule has 1 aromatic carbocycles. The zero-order chi connectivity index (χ0) is 4.24. The van der Waals surface area contributed by atoms with E-state index in [0.717, 1.165) is 0 Å². The molecule has 1 rings (SSSR count). The van der Waals surface area contributed by atoms with Gasteiger partial charge in [-0.05, 0) is 6.07 Å². The topological polar surface area (TPSA) is 0 Å². The van der Waals surface area contributed by atoms with E-state index in [-0.39, 0.29) is 56.1 Å². The van der Waals surface area contributed by atoms with Crippen LogP contribution in [-0.2, 0) is 0 Å². The van der Waals surface area contributed by atoms with Crippen LogP contribution in [0, 0.1) is 6.07 Å². The molecule has 0 aliphatic heterocycles. The van der Waals surface area contributed by atoms with Crippen molar-refractivity contribution in [3.63, 3.8) is 0 Å². The molecule has 0 fully saturated rings. The zero-order valence-electron chi connectivity index (χ0n) is 4.64. The first-order valence-electron chi connectivity index (χ1n) is 1.91. The number of hydrogen-bond acceptors (Lipinski definition) is 0. The van der Waals surface area contributed by atoms with E-state index in [0.29, 0.717) is 0 Å². The first-order chi connectivity index (χ1) is 3.00. The Labute approximate surface area is 92.2 Å². The number of halogens is 2. The molecule has 0 spiro atoms. The maximum atomic E-state index is 2.89. The fourth-order valence-electron chi connectivity index (χ4n) is 0.342. The van der Waals surface area contributed by atoms with E-state index in [9.17, 15) is 0 Å². The van der Waals surface area contributed by atoms with Gasteiger partial charge < -0.3 is 24.8 Å². The quantitative estimate of drug-likeness (QED) is 0.423. The van der Waals surface area contributed by atoms with Crippen molar-refractivity contribution in [1.82, 2.24) is 0 Å². The third-order valence-corrected chi connectivity index (χ3v) is 0.607. The second-order valence-corrected chi connectivity index (χ2v) is 1.08. The van der Waals surface area contributed by atoms with Crippen LogP contribution in [0.4, 0.5) is 0 Å².